The largest absolute Gasteiger partial charge is 0.348 e. The van der Waals surface area contributed by atoms with Gasteiger partial charge in [-0.05, 0) is 44.0 Å². The Morgan fingerprint density at radius 1 is 1.12 bits per heavy atom. The van der Waals surface area contributed by atoms with E-state index in [0.717, 1.165) is 22.4 Å². The standard InChI is InChI=1S/C20H20N4O2/c1-12-4-5-15(18-11-21-6-7-22-18)9-16(12)19(25)23-10-17-13(2)8-14(3)24-20(17)26/h4-9,11H,10H2,1-3H3,(H,23,25)(H,24,26). The molecule has 2 aromatic heterocycles. The number of rotatable bonds is 4. The summed E-state index contributed by atoms with van der Waals surface area (Å²) in [5, 5.41) is 2.84. The van der Waals surface area contributed by atoms with Crippen LogP contribution in [0.4, 0.5) is 0 Å². The first-order chi connectivity index (χ1) is 12.5. The van der Waals surface area contributed by atoms with Gasteiger partial charge in [0.1, 0.15) is 0 Å². The number of aromatic nitrogens is 3. The fourth-order valence-electron chi connectivity index (χ4n) is 2.84. The zero-order valence-corrected chi connectivity index (χ0v) is 15.0. The highest BCUT2D eigenvalue weighted by atomic mass is 16.1. The topological polar surface area (TPSA) is 87.7 Å². The van der Waals surface area contributed by atoms with Gasteiger partial charge in [-0.2, -0.15) is 0 Å². The Labute approximate surface area is 151 Å². The van der Waals surface area contributed by atoms with Gasteiger partial charge in [0.2, 0.25) is 0 Å². The molecule has 0 aliphatic carbocycles. The lowest BCUT2D eigenvalue weighted by Gasteiger charge is -2.11. The van der Waals surface area contributed by atoms with E-state index in [9.17, 15) is 9.59 Å². The van der Waals surface area contributed by atoms with E-state index in [1.54, 1.807) is 24.7 Å². The number of nitrogens with one attached hydrogen (secondary N) is 2. The molecule has 0 radical (unpaired) electrons. The number of hydrogen-bond acceptors (Lipinski definition) is 4. The molecule has 6 nitrogen and oxygen atoms in total. The van der Waals surface area contributed by atoms with Crippen molar-refractivity contribution in [3.05, 3.63) is 81.2 Å². The molecule has 1 amide bonds. The maximum atomic E-state index is 12.7. The van der Waals surface area contributed by atoms with Gasteiger partial charge in [0, 0.05) is 41.3 Å². The molecule has 0 fully saturated rings. The predicted molar refractivity (Wildman–Crippen MR) is 99.9 cm³/mol. The predicted octanol–water partition coefficient (Wildman–Crippen LogP) is 2.69. The minimum atomic E-state index is -0.229. The summed E-state index contributed by atoms with van der Waals surface area (Å²) in [6, 6.07) is 7.47. The number of carbonyl (C=O) groups is 1. The number of amides is 1. The second-order valence-electron chi connectivity index (χ2n) is 6.25. The SMILES string of the molecule is Cc1cc(C)c(CNC(=O)c2cc(-c3cnccn3)ccc2C)c(=O)[nH]1. The van der Waals surface area contributed by atoms with Crippen molar-refractivity contribution in [3.63, 3.8) is 0 Å². The summed E-state index contributed by atoms with van der Waals surface area (Å²) >= 11 is 0. The summed E-state index contributed by atoms with van der Waals surface area (Å²) in [6.45, 7) is 5.75. The molecule has 0 saturated heterocycles. The van der Waals surface area contributed by atoms with Crippen molar-refractivity contribution in [2.75, 3.05) is 0 Å². The number of aromatic amines is 1. The average molecular weight is 348 g/mol. The fraction of sp³-hybridized carbons (Fsp3) is 0.200. The first-order valence-electron chi connectivity index (χ1n) is 8.30. The average Bonchev–Trinajstić information content (AvgIpc) is 2.61. The molecule has 6 heteroatoms. The van der Waals surface area contributed by atoms with Gasteiger partial charge < -0.3 is 10.3 Å². The van der Waals surface area contributed by atoms with Crippen LogP contribution in [0.25, 0.3) is 11.3 Å². The van der Waals surface area contributed by atoms with Crippen LogP contribution < -0.4 is 10.9 Å². The summed E-state index contributed by atoms with van der Waals surface area (Å²) in [5.41, 5.74) is 4.97. The van der Waals surface area contributed by atoms with E-state index in [4.69, 9.17) is 0 Å². The van der Waals surface area contributed by atoms with Crippen LogP contribution in [0.3, 0.4) is 0 Å². The Morgan fingerprint density at radius 3 is 2.62 bits per heavy atom. The second kappa shape index (κ2) is 7.31. The molecule has 3 aromatic rings. The number of pyridine rings is 1. The van der Waals surface area contributed by atoms with Crippen molar-refractivity contribution in [1.29, 1.82) is 0 Å². The van der Waals surface area contributed by atoms with Crippen LogP contribution in [0.2, 0.25) is 0 Å². The lowest BCUT2D eigenvalue weighted by molar-refractivity contribution is 0.0950. The molecule has 26 heavy (non-hydrogen) atoms. The maximum Gasteiger partial charge on any atom is 0.253 e. The number of benzene rings is 1. The number of carbonyl (C=O) groups excluding carboxylic acids is 1. The zero-order valence-electron chi connectivity index (χ0n) is 15.0. The lowest BCUT2D eigenvalue weighted by Crippen LogP contribution is -2.28. The van der Waals surface area contributed by atoms with Gasteiger partial charge in [-0.15, -0.1) is 0 Å². The van der Waals surface area contributed by atoms with Crippen molar-refractivity contribution in [1.82, 2.24) is 20.3 Å². The van der Waals surface area contributed by atoms with Gasteiger partial charge in [-0.1, -0.05) is 12.1 Å². The van der Waals surface area contributed by atoms with Gasteiger partial charge in [0.15, 0.2) is 0 Å². The first kappa shape index (κ1) is 17.5. The number of H-pyrrole nitrogens is 1. The Kier molecular flexibility index (Phi) is 4.93. The van der Waals surface area contributed by atoms with Crippen molar-refractivity contribution < 1.29 is 4.79 Å². The number of hydrogen-bond donors (Lipinski definition) is 2. The Hall–Kier alpha value is -3.28. The molecule has 0 aliphatic rings. The summed E-state index contributed by atoms with van der Waals surface area (Å²) in [4.78, 5) is 35.8. The van der Waals surface area contributed by atoms with Crippen molar-refractivity contribution in [3.8, 4) is 11.3 Å². The highest BCUT2D eigenvalue weighted by Gasteiger charge is 2.13. The minimum absolute atomic E-state index is 0.173. The first-order valence-corrected chi connectivity index (χ1v) is 8.30. The van der Waals surface area contributed by atoms with E-state index in [-0.39, 0.29) is 18.0 Å². The molecule has 3 rings (SSSR count). The summed E-state index contributed by atoms with van der Waals surface area (Å²) < 4.78 is 0. The van der Waals surface area contributed by atoms with E-state index in [0.29, 0.717) is 16.8 Å². The van der Waals surface area contributed by atoms with Crippen molar-refractivity contribution >= 4 is 5.91 Å². The number of nitrogens with zero attached hydrogens (tertiary/aromatic N) is 2. The molecule has 0 atom stereocenters. The molecular formula is C20H20N4O2. The van der Waals surface area contributed by atoms with Gasteiger partial charge in [0.25, 0.3) is 11.5 Å². The summed E-state index contributed by atoms with van der Waals surface area (Å²) in [6.07, 6.45) is 4.87. The lowest BCUT2D eigenvalue weighted by atomic mass is 10.0. The van der Waals surface area contributed by atoms with E-state index in [2.05, 4.69) is 20.3 Å². The van der Waals surface area contributed by atoms with Gasteiger partial charge in [-0.25, -0.2) is 0 Å². The van der Waals surface area contributed by atoms with Gasteiger partial charge in [-0.3, -0.25) is 19.6 Å². The second-order valence-corrected chi connectivity index (χ2v) is 6.25. The molecule has 0 unspecified atom stereocenters. The third-order valence-corrected chi connectivity index (χ3v) is 4.26. The van der Waals surface area contributed by atoms with Crippen LogP contribution in [0.1, 0.15) is 32.7 Å². The van der Waals surface area contributed by atoms with Crippen LogP contribution >= 0.6 is 0 Å². The molecule has 2 N–H and O–H groups in total. The van der Waals surface area contributed by atoms with E-state index >= 15 is 0 Å². The van der Waals surface area contributed by atoms with Crippen LogP contribution in [0, 0.1) is 20.8 Å². The van der Waals surface area contributed by atoms with Crippen LogP contribution in [0.5, 0.6) is 0 Å². The Balaban J connectivity index is 1.83. The molecule has 1 aromatic carbocycles. The van der Waals surface area contributed by atoms with Gasteiger partial charge in [0.05, 0.1) is 11.9 Å². The van der Waals surface area contributed by atoms with Crippen LogP contribution in [-0.4, -0.2) is 20.9 Å². The van der Waals surface area contributed by atoms with Crippen molar-refractivity contribution in [2.45, 2.75) is 27.3 Å². The summed E-state index contributed by atoms with van der Waals surface area (Å²) in [7, 11) is 0. The smallest absolute Gasteiger partial charge is 0.253 e. The van der Waals surface area contributed by atoms with E-state index < -0.39 is 0 Å². The van der Waals surface area contributed by atoms with Crippen LogP contribution in [0.15, 0.2) is 47.7 Å². The highest BCUT2D eigenvalue weighted by Crippen LogP contribution is 2.20. The van der Waals surface area contributed by atoms with Crippen LogP contribution in [-0.2, 0) is 6.54 Å². The van der Waals surface area contributed by atoms with Gasteiger partial charge >= 0.3 is 0 Å². The third-order valence-electron chi connectivity index (χ3n) is 4.26. The van der Waals surface area contributed by atoms with Crippen molar-refractivity contribution in [2.24, 2.45) is 0 Å². The highest BCUT2D eigenvalue weighted by molar-refractivity contribution is 5.96. The molecule has 0 spiro atoms. The molecule has 2 heterocycles. The monoisotopic (exact) mass is 348 g/mol. The molecule has 0 aliphatic heterocycles. The minimum Gasteiger partial charge on any atom is -0.348 e. The molecular weight excluding hydrogens is 328 g/mol. The zero-order chi connectivity index (χ0) is 18.7. The molecule has 132 valence electrons. The van der Waals surface area contributed by atoms with E-state index in [1.165, 1.54) is 0 Å². The fourth-order valence-corrected chi connectivity index (χ4v) is 2.84. The Morgan fingerprint density at radius 2 is 1.92 bits per heavy atom. The Bertz CT molecular complexity index is 1010. The quantitative estimate of drug-likeness (QED) is 0.759. The summed E-state index contributed by atoms with van der Waals surface area (Å²) in [5.74, 6) is -0.229. The maximum absolute atomic E-state index is 12.7. The normalized spacial score (nSPS) is 10.6. The van der Waals surface area contributed by atoms with E-state index in [1.807, 2.05) is 39.0 Å². The molecule has 0 bridgehead atoms. The number of aryl methyl sites for hydroxylation is 3. The third kappa shape index (κ3) is 3.69. The molecule has 0 saturated carbocycles.